The van der Waals surface area contributed by atoms with Crippen molar-refractivity contribution in [1.82, 2.24) is 10.3 Å². The summed E-state index contributed by atoms with van der Waals surface area (Å²) >= 11 is 7.96. The topological polar surface area (TPSA) is 24.9 Å². The first kappa shape index (κ1) is 13.8. The molecule has 1 aromatic rings. The Morgan fingerprint density at radius 1 is 1.56 bits per heavy atom. The minimum absolute atomic E-state index is 0.523. The van der Waals surface area contributed by atoms with Gasteiger partial charge in [0.15, 0.2) is 0 Å². The number of hydrogen-bond donors (Lipinski definition) is 1. The molecule has 0 amide bonds. The van der Waals surface area contributed by atoms with Crippen molar-refractivity contribution < 1.29 is 0 Å². The maximum atomic E-state index is 5.98. The van der Waals surface area contributed by atoms with Gasteiger partial charge in [0.05, 0.1) is 0 Å². The van der Waals surface area contributed by atoms with Crippen molar-refractivity contribution in [2.24, 2.45) is 0 Å². The van der Waals surface area contributed by atoms with Crippen LogP contribution in [0.3, 0.4) is 0 Å². The highest BCUT2D eigenvalue weighted by molar-refractivity contribution is 7.99. The van der Waals surface area contributed by atoms with Crippen molar-refractivity contribution in [2.75, 3.05) is 11.5 Å². The van der Waals surface area contributed by atoms with Gasteiger partial charge >= 0.3 is 0 Å². The predicted molar refractivity (Wildman–Crippen MR) is 73.2 cm³/mol. The van der Waals surface area contributed by atoms with Gasteiger partial charge in [0.1, 0.15) is 5.15 Å². The normalized spacial score (nSPS) is 12.7. The summed E-state index contributed by atoms with van der Waals surface area (Å²) < 4.78 is 0. The van der Waals surface area contributed by atoms with Gasteiger partial charge in [0.2, 0.25) is 0 Å². The third kappa shape index (κ3) is 5.19. The second-order valence-corrected chi connectivity index (χ2v) is 5.47. The molecule has 1 atom stereocenters. The van der Waals surface area contributed by atoms with Crippen molar-refractivity contribution >= 4 is 23.4 Å². The minimum atomic E-state index is 0.523. The fourth-order valence-electron chi connectivity index (χ4n) is 1.34. The molecule has 0 fully saturated rings. The third-order valence-corrected chi connectivity index (χ3v) is 3.65. The van der Waals surface area contributed by atoms with Crippen LogP contribution in [0.5, 0.6) is 0 Å². The highest BCUT2D eigenvalue weighted by Crippen LogP contribution is 2.11. The largest absolute Gasteiger partial charge is 0.310 e. The average Bonchev–Trinajstić information content (AvgIpc) is 2.28. The Bertz CT molecular complexity index is 307. The molecule has 90 valence electrons. The second-order valence-electron chi connectivity index (χ2n) is 3.72. The van der Waals surface area contributed by atoms with Gasteiger partial charge in [-0.15, -0.1) is 0 Å². The molecular weight excluding hydrogens is 240 g/mol. The second kappa shape index (κ2) is 7.93. The van der Waals surface area contributed by atoms with Gasteiger partial charge < -0.3 is 5.32 Å². The molecule has 0 aliphatic heterocycles. The molecule has 0 bridgehead atoms. The molecule has 1 unspecified atom stereocenters. The molecule has 0 spiro atoms. The minimum Gasteiger partial charge on any atom is -0.310 e. The van der Waals surface area contributed by atoms with E-state index in [0.29, 0.717) is 11.2 Å². The van der Waals surface area contributed by atoms with E-state index in [2.05, 4.69) is 24.1 Å². The van der Waals surface area contributed by atoms with E-state index < -0.39 is 0 Å². The molecular formula is C12H19ClN2S. The summed E-state index contributed by atoms with van der Waals surface area (Å²) in [5, 5.41) is 4.06. The molecule has 16 heavy (non-hydrogen) atoms. The van der Waals surface area contributed by atoms with Gasteiger partial charge in [-0.2, -0.15) is 11.8 Å². The molecule has 1 aromatic heterocycles. The number of nitrogens with zero attached hydrogens (tertiary/aromatic N) is 1. The first-order chi connectivity index (χ1) is 7.74. The van der Waals surface area contributed by atoms with Crippen molar-refractivity contribution in [3.05, 3.63) is 29.0 Å². The molecule has 0 saturated carbocycles. The monoisotopic (exact) mass is 258 g/mol. The number of aromatic nitrogens is 1. The molecule has 0 radical (unpaired) electrons. The van der Waals surface area contributed by atoms with Crippen LogP contribution in [0, 0.1) is 0 Å². The molecule has 1 N–H and O–H groups in total. The zero-order valence-corrected chi connectivity index (χ0v) is 11.4. The van der Waals surface area contributed by atoms with E-state index in [9.17, 15) is 0 Å². The molecule has 0 aromatic carbocycles. The van der Waals surface area contributed by atoms with Crippen LogP contribution in [0.1, 0.15) is 25.8 Å². The summed E-state index contributed by atoms with van der Waals surface area (Å²) in [6.45, 7) is 5.20. The van der Waals surface area contributed by atoms with Crippen LogP contribution in [0.25, 0.3) is 0 Å². The maximum Gasteiger partial charge on any atom is 0.133 e. The van der Waals surface area contributed by atoms with Crippen LogP contribution in [0.2, 0.25) is 5.15 Å². The van der Waals surface area contributed by atoms with Crippen LogP contribution < -0.4 is 5.32 Å². The van der Waals surface area contributed by atoms with Crippen molar-refractivity contribution in [3.63, 3.8) is 0 Å². The van der Waals surface area contributed by atoms with Crippen LogP contribution in [0.15, 0.2) is 18.3 Å². The van der Waals surface area contributed by atoms with E-state index in [4.69, 9.17) is 11.6 Å². The molecule has 0 aliphatic carbocycles. The van der Waals surface area contributed by atoms with E-state index >= 15 is 0 Å². The highest BCUT2D eigenvalue weighted by Gasteiger charge is 2.04. The number of thioether (sulfide) groups is 1. The average molecular weight is 259 g/mol. The Labute approximate surface area is 107 Å². The van der Waals surface area contributed by atoms with Gasteiger partial charge in [0, 0.05) is 24.3 Å². The lowest BCUT2D eigenvalue weighted by Gasteiger charge is -2.13. The number of halogens is 1. The summed E-state index contributed by atoms with van der Waals surface area (Å²) in [7, 11) is 0. The fourth-order valence-corrected chi connectivity index (χ4v) is 2.34. The molecule has 4 heteroatoms. The quantitative estimate of drug-likeness (QED) is 0.600. The van der Waals surface area contributed by atoms with E-state index in [1.807, 2.05) is 23.9 Å². The predicted octanol–water partition coefficient (Wildman–Crippen LogP) is 3.36. The van der Waals surface area contributed by atoms with Gasteiger partial charge in [-0.1, -0.05) is 24.6 Å². The Morgan fingerprint density at radius 2 is 2.38 bits per heavy atom. The number of hydrogen-bond acceptors (Lipinski definition) is 3. The first-order valence-electron chi connectivity index (χ1n) is 5.64. The van der Waals surface area contributed by atoms with Gasteiger partial charge in [-0.3, -0.25) is 0 Å². The number of nitrogens with one attached hydrogen (secondary N) is 1. The SMILES string of the molecule is CCSCCC(C)NCc1cccnc1Cl. The smallest absolute Gasteiger partial charge is 0.133 e. The number of rotatable bonds is 7. The van der Waals surface area contributed by atoms with Crippen LogP contribution in [0.4, 0.5) is 0 Å². The molecule has 1 heterocycles. The van der Waals surface area contributed by atoms with E-state index in [1.165, 1.54) is 17.9 Å². The first-order valence-corrected chi connectivity index (χ1v) is 7.17. The number of pyridine rings is 1. The van der Waals surface area contributed by atoms with Crippen molar-refractivity contribution in [3.8, 4) is 0 Å². The lowest BCUT2D eigenvalue weighted by molar-refractivity contribution is 0.537. The standard InChI is InChI=1S/C12H19ClN2S/c1-3-16-8-6-10(2)15-9-11-5-4-7-14-12(11)13/h4-5,7,10,15H,3,6,8-9H2,1-2H3. The Balaban J connectivity index is 2.26. The zero-order valence-electron chi connectivity index (χ0n) is 9.87. The van der Waals surface area contributed by atoms with Gasteiger partial charge in [0.25, 0.3) is 0 Å². The summed E-state index contributed by atoms with van der Waals surface area (Å²) in [4.78, 5) is 4.05. The zero-order chi connectivity index (χ0) is 11.8. The fraction of sp³-hybridized carbons (Fsp3) is 0.583. The van der Waals surface area contributed by atoms with Gasteiger partial charge in [-0.25, -0.2) is 4.98 Å². The van der Waals surface area contributed by atoms with Crippen molar-refractivity contribution in [2.45, 2.75) is 32.9 Å². The van der Waals surface area contributed by atoms with E-state index in [-0.39, 0.29) is 0 Å². The van der Waals surface area contributed by atoms with Gasteiger partial charge in [-0.05, 0) is 30.9 Å². The maximum absolute atomic E-state index is 5.98. The summed E-state index contributed by atoms with van der Waals surface area (Å²) in [6, 6.07) is 4.45. The summed E-state index contributed by atoms with van der Waals surface area (Å²) in [6.07, 6.45) is 2.91. The molecule has 0 saturated heterocycles. The Hall–Kier alpha value is -0.250. The molecule has 1 rings (SSSR count). The lowest BCUT2D eigenvalue weighted by atomic mass is 10.2. The summed E-state index contributed by atoms with van der Waals surface area (Å²) in [5.74, 6) is 2.41. The Kier molecular flexibility index (Phi) is 6.85. The Morgan fingerprint density at radius 3 is 3.06 bits per heavy atom. The lowest BCUT2D eigenvalue weighted by Crippen LogP contribution is -2.26. The molecule has 2 nitrogen and oxygen atoms in total. The third-order valence-electron chi connectivity index (χ3n) is 2.38. The van der Waals surface area contributed by atoms with E-state index in [1.54, 1.807) is 6.20 Å². The summed E-state index contributed by atoms with van der Waals surface area (Å²) in [5.41, 5.74) is 1.07. The van der Waals surface area contributed by atoms with Crippen molar-refractivity contribution in [1.29, 1.82) is 0 Å². The molecule has 0 aliphatic rings. The highest BCUT2D eigenvalue weighted by atomic mass is 35.5. The van der Waals surface area contributed by atoms with Crippen LogP contribution in [-0.4, -0.2) is 22.5 Å². The van der Waals surface area contributed by atoms with Crippen LogP contribution >= 0.6 is 23.4 Å². The van der Waals surface area contributed by atoms with Crippen LogP contribution in [-0.2, 0) is 6.54 Å². The van der Waals surface area contributed by atoms with E-state index in [0.717, 1.165) is 12.1 Å².